The van der Waals surface area contributed by atoms with E-state index in [1.807, 2.05) is 0 Å². The van der Waals surface area contributed by atoms with Crippen LogP contribution < -0.4 is 9.47 Å². The minimum atomic E-state index is -4.18. The minimum absolute atomic E-state index is 0.0408. The van der Waals surface area contributed by atoms with Gasteiger partial charge in [-0.2, -0.15) is 5.26 Å². The van der Waals surface area contributed by atoms with Gasteiger partial charge in [0.1, 0.15) is 11.0 Å². The van der Waals surface area contributed by atoms with Crippen LogP contribution in [0.4, 0.5) is 0 Å². The summed E-state index contributed by atoms with van der Waals surface area (Å²) in [6.07, 6.45) is 1.17. The van der Waals surface area contributed by atoms with E-state index in [1.54, 1.807) is 6.07 Å². The summed E-state index contributed by atoms with van der Waals surface area (Å²) in [4.78, 5) is -0.781. The van der Waals surface area contributed by atoms with Crippen LogP contribution in [0.1, 0.15) is 5.56 Å². The number of nitrogens with zero attached hydrogens (tertiary/aromatic N) is 1. The Hall–Kier alpha value is -1.91. The highest BCUT2D eigenvalue weighted by molar-refractivity contribution is 7.95. The van der Waals surface area contributed by atoms with Gasteiger partial charge in [0.2, 0.25) is 9.84 Å². The van der Waals surface area contributed by atoms with Crippen molar-refractivity contribution in [2.75, 3.05) is 14.2 Å². The third-order valence-corrected chi connectivity index (χ3v) is 6.00. The van der Waals surface area contributed by atoms with Gasteiger partial charge in [-0.1, -0.05) is 34.8 Å². The molecule has 0 spiro atoms. The van der Waals surface area contributed by atoms with E-state index in [0.29, 0.717) is 17.1 Å². The molecule has 0 fully saturated rings. The van der Waals surface area contributed by atoms with Crippen LogP contribution in [0.25, 0.3) is 6.08 Å². The summed E-state index contributed by atoms with van der Waals surface area (Å²) >= 11 is 17.9. The van der Waals surface area contributed by atoms with Crippen molar-refractivity contribution in [1.82, 2.24) is 0 Å². The van der Waals surface area contributed by atoms with Crippen molar-refractivity contribution in [3.05, 3.63) is 55.9 Å². The summed E-state index contributed by atoms with van der Waals surface area (Å²) in [5, 5.41) is 9.72. The quantitative estimate of drug-likeness (QED) is 0.621. The molecule has 0 aliphatic heterocycles. The van der Waals surface area contributed by atoms with Crippen LogP contribution in [0.5, 0.6) is 11.5 Å². The number of nitriles is 1. The molecule has 0 atom stereocenters. The first kappa shape index (κ1) is 20.4. The molecular formula is C17H12Cl3NO4S. The Morgan fingerprint density at radius 3 is 2.35 bits per heavy atom. The Bertz CT molecular complexity index is 1030. The number of benzene rings is 2. The first-order valence-corrected chi connectivity index (χ1v) is 9.59. The van der Waals surface area contributed by atoms with E-state index in [0.717, 1.165) is 0 Å². The van der Waals surface area contributed by atoms with E-state index in [9.17, 15) is 13.7 Å². The molecule has 0 aliphatic carbocycles. The van der Waals surface area contributed by atoms with Gasteiger partial charge in [0.05, 0.1) is 29.2 Å². The number of methoxy groups -OCH3 is 2. The van der Waals surface area contributed by atoms with Gasteiger partial charge in [-0.25, -0.2) is 8.42 Å². The molecule has 2 aromatic carbocycles. The van der Waals surface area contributed by atoms with Crippen molar-refractivity contribution < 1.29 is 17.9 Å². The fourth-order valence-corrected chi connectivity index (χ4v) is 4.35. The first-order valence-electron chi connectivity index (χ1n) is 6.98. The van der Waals surface area contributed by atoms with Crippen molar-refractivity contribution in [1.29, 1.82) is 5.26 Å². The molecule has 0 amide bonds. The van der Waals surface area contributed by atoms with E-state index >= 15 is 0 Å². The zero-order valence-electron chi connectivity index (χ0n) is 13.6. The summed E-state index contributed by atoms with van der Waals surface area (Å²) in [7, 11) is -1.35. The number of hydrogen-bond acceptors (Lipinski definition) is 5. The molecule has 2 aromatic rings. The maximum absolute atomic E-state index is 12.8. The summed E-state index contributed by atoms with van der Waals surface area (Å²) in [6.45, 7) is 0. The molecule has 0 aliphatic rings. The van der Waals surface area contributed by atoms with Crippen LogP contribution in [0.15, 0.2) is 40.1 Å². The largest absolute Gasteiger partial charge is 0.493 e. The van der Waals surface area contributed by atoms with Gasteiger partial charge in [-0.05, 0) is 42.0 Å². The van der Waals surface area contributed by atoms with Crippen molar-refractivity contribution in [3.63, 3.8) is 0 Å². The lowest BCUT2D eigenvalue weighted by atomic mass is 10.2. The lowest BCUT2D eigenvalue weighted by molar-refractivity contribution is 0.355. The van der Waals surface area contributed by atoms with E-state index in [-0.39, 0.29) is 20.0 Å². The van der Waals surface area contributed by atoms with Crippen molar-refractivity contribution in [2.45, 2.75) is 4.90 Å². The lowest BCUT2D eigenvalue weighted by Gasteiger charge is -2.11. The highest BCUT2D eigenvalue weighted by Crippen LogP contribution is 2.37. The third-order valence-electron chi connectivity index (χ3n) is 3.34. The number of hydrogen-bond donors (Lipinski definition) is 0. The summed E-state index contributed by atoms with van der Waals surface area (Å²) in [6, 6.07) is 8.61. The molecule has 0 radical (unpaired) electrons. The average Bonchev–Trinajstić information content (AvgIpc) is 2.60. The van der Waals surface area contributed by atoms with Gasteiger partial charge in [-0.15, -0.1) is 0 Å². The molecule has 9 heteroatoms. The predicted octanol–water partition coefficient (Wildman–Crippen LogP) is 5.00. The SMILES string of the molecule is COc1cc(/C=C(\C#N)S(=O)(=O)c2cc(Cl)ccc2Cl)cc(Cl)c1OC. The third kappa shape index (κ3) is 4.08. The van der Waals surface area contributed by atoms with Crippen LogP contribution in [-0.2, 0) is 9.84 Å². The standard InChI is InChI=1S/C17H12Cl3NO4S/c1-24-15-7-10(6-14(20)17(15)25-2)5-12(9-21)26(22,23)16-8-11(18)3-4-13(16)19/h3-8H,1-2H3/b12-5+. The van der Waals surface area contributed by atoms with E-state index < -0.39 is 14.7 Å². The molecule has 2 rings (SSSR count). The molecule has 0 N–H and O–H groups in total. The number of rotatable bonds is 5. The van der Waals surface area contributed by atoms with E-state index in [4.69, 9.17) is 44.3 Å². The molecule has 0 saturated carbocycles. The van der Waals surface area contributed by atoms with Gasteiger partial charge >= 0.3 is 0 Å². The second-order valence-corrected chi connectivity index (χ2v) is 8.07. The molecule has 0 saturated heterocycles. The van der Waals surface area contributed by atoms with Crippen LogP contribution in [-0.4, -0.2) is 22.6 Å². The zero-order chi connectivity index (χ0) is 19.5. The normalized spacial score (nSPS) is 11.8. The van der Waals surface area contributed by atoms with Crippen LogP contribution in [0.3, 0.4) is 0 Å². The molecule has 0 heterocycles. The zero-order valence-corrected chi connectivity index (χ0v) is 16.7. The minimum Gasteiger partial charge on any atom is -0.493 e. The Labute approximate surface area is 166 Å². The van der Waals surface area contributed by atoms with Gasteiger partial charge in [0.15, 0.2) is 11.5 Å². The predicted molar refractivity (Wildman–Crippen MR) is 102 cm³/mol. The van der Waals surface area contributed by atoms with Crippen molar-refractivity contribution in [2.24, 2.45) is 0 Å². The Morgan fingerprint density at radius 2 is 1.77 bits per heavy atom. The fraction of sp³-hybridized carbons (Fsp3) is 0.118. The van der Waals surface area contributed by atoms with E-state index in [2.05, 4.69) is 0 Å². The lowest BCUT2D eigenvalue weighted by Crippen LogP contribution is -2.04. The highest BCUT2D eigenvalue weighted by atomic mass is 35.5. The maximum Gasteiger partial charge on any atom is 0.218 e. The summed E-state index contributed by atoms with van der Waals surface area (Å²) < 4.78 is 35.9. The van der Waals surface area contributed by atoms with Crippen LogP contribution >= 0.6 is 34.8 Å². The second kappa shape index (κ2) is 8.19. The molecular weight excluding hydrogens is 421 g/mol. The van der Waals surface area contributed by atoms with Gasteiger partial charge in [-0.3, -0.25) is 0 Å². The number of sulfone groups is 1. The number of ether oxygens (including phenoxy) is 2. The summed E-state index contributed by atoms with van der Waals surface area (Å²) in [5.74, 6) is 0.590. The summed E-state index contributed by atoms with van der Waals surface area (Å²) in [5.41, 5.74) is 0.339. The topological polar surface area (TPSA) is 76.4 Å². The molecule has 5 nitrogen and oxygen atoms in total. The molecule has 0 aromatic heterocycles. The number of allylic oxidation sites excluding steroid dienone is 1. The van der Waals surface area contributed by atoms with Gasteiger partial charge in [0.25, 0.3) is 0 Å². The van der Waals surface area contributed by atoms with Gasteiger partial charge in [0, 0.05) is 5.02 Å². The van der Waals surface area contributed by atoms with Gasteiger partial charge < -0.3 is 9.47 Å². The maximum atomic E-state index is 12.8. The molecule has 0 bridgehead atoms. The molecule has 136 valence electrons. The van der Waals surface area contributed by atoms with Crippen molar-refractivity contribution in [3.8, 4) is 17.6 Å². The number of halogens is 3. The fourth-order valence-electron chi connectivity index (χ4n) is 2.14. The van der Waals surface area contributed by atoms with E-state index in [1.165, 1.54) is 50.6 Å². The second-order valence-electron chi connectivity index (χ2n) is 4.94. The monoisotopic (exact) mass is 431 g/mol. The Balaban J connectivity index is 2.63. The first-order chi connectivity index (χ1) is 12.2. The Morgan fingerprint density at radius 1 is 1.08 bits per heavy atom. The van der Waals surface area contributed by atoms with Crippen LogP contribution in [0, 0.1) is 11.3 Å². The molecule has 26 heavy (non-hydrogen) atoms. The molecule has 0 unspecified atom stereocenters. The average molecular weight is 433 g/mol. The Kier molecular flexibility index (Phi) is 6.43. The smallest absolute Gasteiger partial charge is 0.218 e. The van der Waals surface area contributed by atoms with Crippen molar-refractivity contribution >= 4 is 50.7 Å². The van der Waals surface area contributed by atoms with Crippen LogP contribution in [0.2, 0.25) is 15.1 Å². The highest BCUT2D eigenvalue weighted by Gasteiger charge is 2.24.